The lowest BCUT2D eigenvalue weighted by Crippen LogP contribution is -2.48. The lowest BCUT2D eigenvalue weighted by Gasteiger charge is -2.22. The molecular weight excluding hydrogens is 276 g/mol. The molecule has 0 aliphatic heterocycles. The van der Waals surface area contributed by atoms with E-state index in [4.69, 9.17) is 5.73 Å². The first-order chi connectivity index (χ1) is 8.90. The minimum atomic E-state index is -0.889. The number of carbonyl (C=O) groups is 2. The molecule has 0 fully saturated rings. The molecule has 5 heteroatoms. The summed E-state index contributed by atoms with van der Waals surface area (Å²) in [4.78, 5) is 23.7. The van der Waals surface area contributed by atoms with Gasteiger partial charge in [0.25, 0.3) is 0 Å². The molecule has 0 spiro atoms. The molecule has 1 aromatic carbocycles. The fraction of sp³-hybridized carbons (Fsp3) is 0.467. The van der Waals surface area contributed by atoms with E-state index < -0.39 is 5.54 Å². The van der Waals surface area contributed by atoms with Crippen molar-refractivity contribution in [1.82, 2.24) is 0 Å². The third-order valence-corrected chi connectivity index (χ3v) is 3.05. The van der Waals surface area contributed by atoms with Crippen LogP contribution in [0, 0.1) is 0 Å². The van der Waals surface area contributed by atoms with Crippen molar-refractivity contribution in [3.8, 4) is 0 Å². The average molecular weight is 299 g/mol. The van der Waals surface area contributed by atoms with E-state index in [1.807, 2.05) is 13.8 Å². The van der Waals surface area contributed by atoms with Gasteiger partial charge in [0.2, 0.25) is 5.91 Å². The Balaban J connectivity index is 0.00000361. The molecule has 0 saturated heterocycles. The van der Waals surface area contributed by atoms with Crippen LogP contribution in [0.2, 0.25) is 0 Å². The fourth-order valence-electron chi connectivity index (χ4n) is 1.88. The molecule has 3 N–H and O–H groups in total. The molecule has 1 amide bonds. The van der Waals surface area contributed by atoms with Crippen LogP contribution in [0.5, 0.6) is 0 Å². The number of nitrogens with one attached hydrogen (secondary N) is 1. The summed E-state index contributed by atoms with van der Waals surface area (Å²) in [5.74, 6) is -0.171. The van der Waals surface area contributed by atoms with Crippen LogP contribution >= 0.6 is 12.4 Å². The average Bonchev–Trinajstić information content (AvgIpc) is 2.38. The third kappa shape index (κ3) is 4.94. The highest BCUT2D eigenvalue weighted by Crippen LogP contribution is 2.16. The Kier molecular flexibility index (Phi) is 7.46. The molecule has 112 valence electrons. The van der Waals surface area contributed by atoms with Crippen LogP contribution in [0.3, 0.4) is 0 Å². The zero-order valence-corrected chi connectivity index (χ0v) is 13.0. The SMILES string of the molecule is CCCC(C)(N)C(=O)Nc1cccc(C(=O)CC)c1.Cl. The Morgan fingerprint density at radius 1 is 1.30 bits per heavy atom. The van der Waals surface area contributed by atoms with Crippen LogP contribution in [0.1, 0.15) is 50.4 Å². The van der Waals surface area contributed by atoms with E-state index in [0.29, 0.717) is 24.1 Å². The van der Waals surface area contributed by atoms with Gasteiger partial charge in [-0.05, 0) is 25.5 Å². The highest BCUT2D eigenvalue weighted by molar-refractivity contribution is 6.00. The number of rotatable bonds is 6. The van der Waals surface area contributed by atoms with E-state index in [2.05, 4.69) is 5.32 Å². The molecule has 1 atom stereocenters. The largest absolute Gasteiger partial charge is 0.324 e. The van der Waals surface area contributed by atoms with Gasteiger partial charge in [-0.3, -0.25) is 9.59 Å². The van der Waals surface area contributed by atoms with Gasteiger partial charge >= 0.3 is 0 Å². The number of benzene rings is 1. The van der Waals surface area contributed by atoms with Crippen molar-refractivity contribution >= 4 is 29.8 Å². The van der Waals surface area contributed by atoms with E-state index in [-0.39, 0.29) is 24.1 Å². The number of nitrogens with two attached hydrogens (primary N) is 1. The molecule has 0 saturated carbocycles. The Morgan fingerprint density at radius 2 is 1.95 bits per heavy atom. The summed E-state index contributed by atoms with van der Waals surface area (Å²) in [6.07, 6.45) is 1.91. The van der Waals surface area contributed by atoms with Gasteiger partial charge in [0, 0.05) is 17.7 Å². The van der Waals surface area contributed by atoms with Crippen LogP contribution in [0.15, 0.2) is 24.3 Å². The van der Waals surface area contributed by atoms with Crippen molar-refractivity contribution in [2.24, 2.45) is 5.73 Å². The van der Waals surface area contributed by atoms with E-state index >= 15 is 0 Å². The van der Waals surface area contributed by atoms with Gasteiger partial charge in [-0.1, -0.05) is 32.4 Å². The summed E-state index contributed by atoms with van der Waals surface area (Å²) in [6.45, 7) is 5.51. The third-order valence-electron chi connectivity index (χ3n) is 3.05. The number of hydrogen-bond donors (Lipinski definition) is 2. The van der Waals surface area contributed by atoms with Crippen molar-refractivity contribution in [1.29, 1.82) is 0 Å². The van der Waals surface area contributed by atoms with Crippen LogP contribution in [-0.2, 0) is 4.79 Å². The van der Waals surface area contributed by atoms with Crippen LogP contribution in [-0.4, -0.2) is 17.2 Å². The van der Waals surface area contributed by atoms with Crippen molar-refractivity contribution < 1.29 is 9.59 Å². The maximum absolute atomic E-state index is 12.1. The number of carbonyl (C=O) groups excluding carboxylic acids is 2. The minimum absolute atomic E-state index is 0. The number of Topliss-reactive ketones (excluding diaryl/α,β-unsaturated/α-hetero) is 1. The molecule has 1 rings (SSSR count). The molecule has 0 heterocycles. The summed E-state index contributed by atoms with van der Waals surface area (Å²) in [5.41, 5.74) is 6.29. The normalized spacial score (nSPS) is 13.0. The maximum atomic E-state index is 12.1. The second-order valence-corrected chi connectivity index (χ2v) is 4.98. The summed E-state index contributed by atoms with van der Waals surface area (Å²) in [6, 6.07) is 6.94. The van der Waals surface area contributed by atoms with E-state index in [9.17, 15) is 9.59 Å². The zero-order chi connectivity index (χ0) is 14.5. The molecule has 0 aliphatic carbocycles. The zero-order valence-electron chi connectivity index (χ0n) is 12.2. The van der Waals surface area contributed by atoms with Gasteiger partial charge in [-0.15, -0.1) is 12.4 Å². The predicted octanol–water partition coefficient (Wildman–Crippen LogP) is 3.16. The summed E-state index contributed by atoms with van der Waals surface area (Å²) in [7, 11) is 0. The minimum Gasteiger partial charge on any atom is -0.324 e. The first-order valence-electron chi connectivity index (χ1n) is 6.64. The van der Waals surface area contributed by atoms with Gasteiger partial charge in [-0.2, -0.15) is 0 Å². The Morgan fingerprint density at radius 3 is 2.50 bits per heavy atom. The summed E-state index contributed by atoms with van der Waals surface area (Å²) >= 11 is 0. The Bertz CT molecular complexity index is 473. The van der Waals surface area contributed by atoms with Gasteiger partial charge < -0.3 is 11.1 Å². The van der Waals surface area contributed by atoms with E-state index in [1.54, 1.807) is 31.2 Å². The van der Waals surface area contributed by atoms with Gasteiger partial charge in [0.1, 0.15) is 0 Å². The van der Waals surface area contributed by atoms with Crippen molar-refractivity contribution in [3.05, 3.63) is 29.8 Å². The van der Waals surface area contributed by atoms with Crippen LogP contribution in [0.25, 0.3) is 0 Å². The highest BCUT2D eigenvalue weighted by Gasteiger charge is 2.27. The molecule has 0 radical (unpaired) electrons. The number of halogens is 1. The van der Waals surface area contributed by atoms with Gasteiger partial charge in [0.15, 0.2) is 5.78 Å². The number of amides is 1. The van der Waals surface area contributed by atoms with E-state index in [0.717, 1.165) is 6.42 Å². The first-order valence-corrected chi connectivity index (χ1v) is 6.64. The molecule has 1 unspecified atom stereocenters. The molecule has 4 nitrogen and oxygen atoms in total. The number of ketones is 1. The lowest BCUT2D eigenvalue weighted by molar-refractivity contribution is -0.120. The quantitative estimate of drug-likeness (QED) is 0.792. The Hall–Kier alpha value is -1.39. The van der Waals surface area contributed by atoms with Crippen molar-refractivity contribution in [2.75, 3.05) is 5.32 Å². The van der Waals surface area contributed by atoms with Crippen molar-refractivity contribution in [3.63, 3.8) is 0 Å². The molecule has 0 aliphatic rings. The number of anilines is 1. The second-order valence-electron chi connectivity index (χ2n) is 4.98. The van der Waals surface area contributed by atoms with Gasteiger partial charge in [0.05, 0.1) is 5.54 Å². The fourth-order valence-corrected chi connectivity index (χ4v) is 1.88. The summed E-state index contributed by atoms with van der Waals surface area (Å²) in [5, 5.41) is 2.77. The van der Waals surface area contributed by atoms with Crippen LogP contribution in [0.4, 0.5) is 5.69 Å². The maximum Gasteiger partial charge on any atom is 0.244 e. The predicted molar refractivity (Wildman–Crippen MR) is 84.4 cm³/mol. The standard InChI is InChI=1S/C15H22N2O2.ClH/c1-4-9-15(3,16)14(19)17-12-8-6-7-11(10-12)13(18)5-2;/h6-8,10H,4-5,9,16H2,1-3H3,(H,17,19);1H. The monoisotopic (exact) mass is 298 g/mol. The van der Waals surface area contributed by atoms with E-state index in [1.165, 1.54) is 0 Å². The highest BCUT2D eigenvalue weighted by atomic mass is 35.5. The number of hydrogen-bond acceptors (Lipinski definition) is 3. The molecule has 1 aromatic rings. The molecule has 20 heavy (non-hydrogen) atoms. The molecule has 0 bridgehead atoms. The first kappa shape index (κ1) is 18.6. The lowest BCUT2D eigenvalue weighted by atomic mass is 9.96. The second kappa shape index (κ2) is 8.02. The van der Waals surface area contributed by atoms with Gasteiger partial charge in [-0.25, -0.2) is 0 Å². The molecule has 0 aromatic heterocycles. The molecular formula is C15H23ClN2O2. The van der Waals surface area contributed by atoms with Crippen LogP contribution < -0.4 is 11.1 Å². The van der Waals surface area contributed by atoms with Crippen molar-refractivity contribution in [2.45, 2.75) is 45.6 Å². The summed E-state index contributed by atoms with van der Waals surface area (Å²) < 4.78 is 0. The smallest absolute Gasteiger partial charge is 0.244 e. The topological polar surface area (TPSA) is 72.2 Å². The Labute approximate surface area is 126 Å².